The largest absolute Gasteiger partial charge is 0.476 e. The highest BCUT2D eigenvalue weighted by Crippen LogP contribution is 2.37. The molecule has 1 aliphatic heterocycles. The van der Waals surface area contributed by atoms with E-state index in [1.165, 1.54) is 52.5 Å². The minimum atomic E-state index is -3.94. The number of carbonyl (C=O) groups excluding carboxylic acids is 1. The Balaban J connectivity index is 1.40. The van der Waals surface area contributed by atoms with Crippen LogP contribution in [0.3, 0.4) is 0 Å². The van der Waals surface area contributed by atoms with Crippen LogP contribution >= 0.6 is 11.6 Å². The predicted molar refractivity (Wildman–Crippen MR) is 141 cm³/mol. The Morgan fingerprint density at radius 3 is 2.53 bits per heavy atom. The van der Waals surface area contributed by atoms with E-state index in [1.807, 2.05) is 6.92 Å². The highest BCUT2D eigenvalue weighted by molar-refractivity contribution is 7.92. The van der Waals surface area contributed by atoms with Crippen molar-refractivity contribution in [3.8, 4) is 5.75 Å². The van der Waals surface area contributed by atoms with Gasteiger partial charge in [-0.2, -0.15) is 0 Å². The van der Waals surface area contributed by atoms with Crippen LogP contribution in [0.25, 0.3) is 0 Å². The summed E-state index contributed by atoms with van der Waals surface area (Å²) in [6.07, 6.45) is 4.29. The van der Waals surface area contributed by atoms with Crippen LogP contribution in [0, 0.1) is 0 Å². The number of halogens is 1. The molecule has 1 heterocycles. The Hall–Kier alpha value is -3.03. The minimum Gasteiger partial charge on any atom is -0.476 e. The van der Waals surface area contributed by atoms with E-state index < -0.39 is 16.1 Å². The molecule has 2 atom stereocenters. The van der Waals surface area contributed by atoms with Crippen molar-refractivity contribution >= 4 is 33.2 Å². The number of rotatable bonds is 6. The molecule has 8 heteroatoms. The Morgan fingerprint density at radius 1 is 1.06 bits per heavy atom. The van der Waals surface area contributed by atoms with Gasteiger partial charge in [-0.25, -0.2) is 8.42 Å². The SMILES string of the molecule is CC[C@@H](NC(=O)[C@@H]1CN(S(=O)(=O)c2ccc(Cl)cc2)c2ccccc2O1)c1ccc2c(c1)CCCC2. The van der Waals surface area contributed by atoms with Crippen molar-refractivity contribution in [2.45, 2.75) is 56.1 Å². The van der Waals surface area contributed by atoms with Crippen LogP contribution in [-0.2, 0) is 27.7 Å². The zero-order valence-corrected chi connectivity index (χ0v) is 21.7. The first-order valence-electron chi connectivity index (χ1n) is 12.3. The Bertz CT molecular complexity index is 1370. The molecule has 2 aliphatic rings. The average molecular weight is 525 g/mol. The fourth-order valence-electron chi connectivity index (χ4n) is 4.96. The second kappa shape index (κ2) is 10.1. The molecule has 36 heavy (non-hydrogen) atoms. The van der Waals surface area contributed by atoms with E-state index in [1.54, 1.807) is 24.3 Å². The van der Waals surface area contributed by atoms with E-state index in [9.17, 15) is 13.2 Å². The molecule has 0 radical (unpaired) electrons. The fourth-order valence-corrected chi connectivity index (χ4v) is 6.56. The molecule has 188 valence electrons. The molecule has 0 spiro atoms. The van der Waals surface area contributed by atoms with E-state index in [0.29, 0.717) is 22.9 Å². The lowest BCUT2D eigenvalue weighted by atomic mass is 9.88. The number of carbonyl (C=O) groups is 1. The molecule has 1 amide bonds. The molecular formula is C28H29ClN2O4S. The topological polar surface area (TPSA) is 75.7 Å². The van der Waals surface area contributed by atoms with Crippen LogP contribution in [0.15, 0.2) is 71.6 Å². The van der Waals surface area contributed by atoms with Crippen molar-refractivity contribution in [1.29, 1.82) is 0 Å². The quantitative estimate of drug-likeness (QED) is 0.465. The zero-order valence-electron chi connectivity index (χ0n) is 20.1. The number of fused-ring (bicyclic) bond motifs is 2. The average Bonchev–Trinajstić information content (AvgIpc) is 2.90. The molecule has 6 nitrogen and oxygen atoms in total. The van der Waals surface area contributed by atoms with Crippen molar-refractivity contribution in [1.82, 2.24) is 5.32 Å². The summed E-state index contributed by atoms with van der Waals surface area (Å²) in [5.41, 5.74) is 4.21. The Labute approximate surface area is 217 Å². The Kier molecular flexibility index (Phi) is 6.95. The van der Waals surface area contributed by atoms with Gasteiger partial charge in [0.1, 0.15) is 5.75 Å². The first kappa shape index (κ1) is 24.7. The van der Waals surface area contributed by atoms with Crippen LogP contribution in [-0.4, -0.2) is 27.0 Å². The number of sulfonamides is 1. The lowest BCUT2D eigenvalue weighted by Crippen LogP contribution is -2.51. The van der Waals surface area contributed by atoms with E-state index in [2.05, 4.69) is 23.5 Å². The highest BCUT2D eigenvalue weighted by Gasteiger charge is 2.38. The van der Waals surface area contributed by atoms with Gasteiger partial charge in [-0.3, -0.25) is 9.10 Å². The van der Waals surface area contributed by atoms with Crippen molar-refractivity contribution in [3.63, 3.8) is 0 Å². The van der Waals surface area contributed by atoms with Gasteiger partial charge < -0.3 is 10.1 Å². The third-order valence-electron chi connectivity index (χ3n) is 6.93. The van der Waals surface area contributed by atoms with Gasteiger partial charge in [0.15, 0.2) is 6.10 Å². The second-order valence-corrected chi connectivity index (χ2v) is 11.6. The van der Waals surface area contributed by atoms with E-state index in [0.717, 1.165) is 18.4 Å². The summed E-state index contributed by atoms with van der Waals surface area (Å²) >= 11 is 5.96. The van der Waals surface area contributed by atoms with Crippen LogP contribution in [0.5, 0.6) is 5.75 Å². The van der Waals surface area contributed by atoms with Crippen LogP contribution in [0.2, 0.25) is 5.02 Å². The maximum Gasteiger partial charge on any atom is 0.264 e. The molecule has 1 aliphatic carbocycles. The molecule has 0 fully saturated rings. The maximum atomic E-state index is 13.6. The van der Waals surface area contributed by atoms with E-state index >= 15 is 0 Å². The smallest absolute Gasteiger partial charge is 0.264 e. The van der Waals surface area contributed by atoms with Crippen molar-refractivity contribution in [3.05, 3.63) is 88.4 Å². The normalized spacial score (nSPS) is 17.9. The van der Waals surface area contributed by atoms with Gasteiger partial charge in [-0.1, -0.05) is 48.9 Å². The standard InChI is InChI=1S/C28H29ClN2O4S/c1-2-24(21-12-11-19-7-3-4-8-20(19)17-21)30-28(32)27-18-31(25-9-5-6-10-26(25)35-27)36(33,34)23-15-13-22(29)14-16-23/h5-6,9-17,24,27H,2-4,7-8,18H2,1H3,(H,30,32)/t24-,27+/m1/s1. The number of hydrogen-bond donors (Lipinski definition) is 1. The molecule has 0 unspecified atom stereocenters. The van der Waals surface area contributed by atoms with Gasteiger partial charge in [0.05, 0.1) is 23.2 Å². The first-order valence-corrected chi connectivity index (χ1v) is 14.1. The summed E-state index contributed by atoms with van der Waals surface area (Å²) in [6, 6.07) is 19.2. The molecule has 0 saturated carbocycles. The molecule has 3 aromatic carbocycles. The molecule has 0 bridgehead atoms. The molecule has 3 aromatic rings. The molecule has 1 N–H and O–H groups in total. The van der Waals surface area contributed by atoms with Gasteiger partial charge in [-0.05, 0) is 85.2 Å². The minimum absolute atomic E-state index is 0.100. The van der Waals surface area contributed by atoms with Crippen LogP contribution in [0.4, 0.5) is 5.69 Å². The van der Waals surface area contributed by atoms with Crippen molar-refractivity contribution in [2.24, 2.45) is 0 Å². The second-order valence-electron chi connectivity index (χ2n) is 9.27. The third kappa shape index (κ3) is 4.82. The number of hydrogen-bond acceptors (Lipinski definition) is 4. The summed E-state index contributed by atoms with van der Waals surface area (Å²) in [5.74, 6) is 0.00801. The summed E-state index contributed by atoms with van der Waals surface area (Å²) < 4.78 is 34.4. The summed E-state index contributed by atoms with van der Waals surface area (Å²) in [4.78, 5) is 13.5. The number of aryl methyl sites for hydroxylation is 2. The summed E-state index contributed by atoms with van der Waals surface area (Å²) in [6.45, 7) is 1.90. The number of para-hydroxylation sites is 2. The summed E-state index contributed by atoms with van der Waals surface area (Å²) in [7, 11) is -3.94. The highest BCUT2D eigenvalue weighted by atomic mass is 35.5. The number of amides is 1. The van der Waals surface area contributed by atoms with Crippen molar-refractivity contribution in [2.75, 3.05) is 10.8 Å². The molecule has 0 saturated heterocycles. The van der Waals surface area contributed by atoms with E-state index in [4.69, 9.17) is 16.3 Å². The Morgan fingerprint density at radius 2 is 1.78 bits per heavy atom. The molecule has 5 rings (SSSR count). The van der Waals surface area contributed by atoms with Gasteiger partial charge in [0, 0.05) is 5.02 Å². The zero-order chi connectivity index (χ0) is 25.3. The van der Waals surface area contributed by atoms with Crippen LogP contribution in [0.1, 0.15) is 48.9 Å². The van der Waals surface area contributed by atoms with Crippen LogP contribution < -0.4 is 14.4 Å². The lowest BCUT2D eigenvalue weighted by molar-refractivity contribution is -0.128. The monoisotopic (exact) mass is 524 g/mol. The fraction of sp³-hybridized carbons (Fsp3) is 0.321. The number of benzene rings is 3. The lowest BCUT2D eigenvalue weighted by Gasteiger charge is -2.35. The summed E-state index contributed by atoms with van der Waals surface area (Å²) in [5, 5.41) is 3.55. The first-order chi connectivity index (χ1) is 17.4. The van der Waals surface area contributed by atoms with Crippen molar-refractivity contribution < 1.29 is 17.9 Å². The predicted octanol–water partition coefficient (Wildman–Crippen LogP) is 5.44. The number of nitrogens with one attached hydrogen (secondary N) is 1. The molecular weight excluding hydrogens is 496 g/mol. The van der Waals surface area contributed by atoms with Gasteiger partial charge in [0.2, 0.25) is 0 Å². The van der Waals surface area contributed by atoms with Gasteiger partial charge >= 0.3 is 0 Å². The number of nitrogens with zero attached hydrogens (tertiary/aromatic N) is 1. The third-order valence-corrected chi connectivity index (χ3v) is 8.97. The van der Waals surface area contributed by atoms with Gasteiger partial charge in [-0.15, -0.1) is 0 Å². The number of ether oxygens (including phenoxy) is 1. The van der Waals surface area contributed by atoms with E-state index in [-0.39, 0.29) is 23.4 Å². The molecule has 0 aromatic heterocycles. The maximum absolute atomic E-state index is 13.6. The van der Waals surface area contributed by atoms with Gasteiger partial charge in [0.25, 0.3) is 15.9 Å². The number of anilines is 1.